The maximum absolute atomic E-state index is 12.7. The molecular weight excluding hydrogens is 325 g/mol. The number of halogens is 3. The van der Waals surface area contributed by atoms with E-state index in [4.69, 9.17) is 9.47 Å². The zero-order valence-corrected chi connectivity index (χ0v) is 13.0. The van der Waals surface area contributed by atoms with Crippen LogP contribution in [0.15, 0.2) is 24.3 Å². The fraction of sp³-hybridized carbons (Fsp3) is 0.562. The van der Waals surface area contributed by atoms with Crippen molar-refractivity contribution in [1.29, 1.82) is 0 Å². The van der Waals surface area contributed by atoms with Gasteiger partial charge in [-0.2, -0.15) is 13.2 Å². The number of nitrogens with zero attached hydrogens (tertiary/aromatic N) is 1. The Labute approximate surface area is 137 Å². The molecule has 5 nitrogen and oxygen atoms in total. The lowest BCUT2D eigenvalue weighted by molar-refractivity contribution is -0.137. The van der Waals surface area contributed by atoms with Crippen molar-refractivity contribution in [2.24, 2.45) is 0 Å². The molecule has 0 spiro atoms. The van der Waals surface area contributed by atoms with Crippen LogP contribution in [-0.4, -0.2) is 49.9 Å². The molecule has 2 aliphatic rings. The maximum atomic E-state index is 12.7. The average molecular weight is 344 g/mol. The summed E-state index contributed by atoms with van der Waals surface area (Å²) >= 11 is 0. The van der Waals surface area contributed by atoms with E-state index in [1.807, 2.05) is 4.90 Å². The molecule has 2 heterocycles. The first-order valence-electron chi connectivity index (χ1n) is 7.87. The van der Waals surface area contributed by atoms with Crippen LogP contribution in [0.25, 0.3) is 0 Å². The molecule has 0 aromatic heterocycles. The number of ether oxygens (including phenoxy) is 2. The van der Waals surface area contributed by atoms with E-state index in [9.17, 15) is 18.0 Å². The molecule has 1 atom stereocenters. The third-order valence-corrected chi connectivity index (χ3v) is 4.21. The maximum Gasteiger partial charge on any atom is 0.416 e. The van der Waals surface area contributed by atoms with E-state index >= 15 is 0 Å². The van der Waals surface area contributed by atoms with Crippen molar-refractivity contribution in [3.8, 4) is 0 Å². The van der Waals surface area contributed by atoms with E-state index in [-0.39, 0.29) is 12.2 Å². The van der Waals surface area contributed by atoms with E-state index in [1.54, 1.807) is 0 Å². The lowest BCUT2D eigenvalue weighted by Gasteiger charge is -2.35. The molecule has 1 N–H and O–H groups in total. The summed E-state index contributed by atoms with van der Waals surface area (Å²) in [6, 6.07) is 4.17. The largest absolute Gasteiger partial charge is 0.416 e. The number of hydrogen-bond acceptors (Lipinski definition) is 4. The number of piperazine rings is 1. The number of carbonyl (C=O) groups excluding carboxylic acids is 1. The lowest BCUT2D eigenvalue weighted by atomic mass is 10.0. The number of amides is 1. The summed E-state index contributed by atoms with van der Waals surface area (Å²) in [4.78, 5) is 14.2. The summed E-state index contributed by atoms with van der Waals surface area (Å²) in [5.74, 6) is -0.200. The molecular formula is C16H19F3N2O3. The Morgan fingerprint density at radius 1 is 1.17 bits per heavy atom. The lowest BCUT2D eigenvalue weighted by Crippen LogP contribution is -2.50. The highest BCUT2D eigenvalue weighted by Crippen LogP contribution is 2.31. The molecule has 0 radical (unpaired) electrons. The normalized spacial score (nSPS) is 23.5. The van der Waals surface area contributed by atoms with Crippen LogP contribution in [0.5, 0.6) is 0 Å². The van der Waals surface area contributed by atoms with Crippen LogP contribution < -0.4 is 5.32 Å². The fourth-order valence-corrected chi connectivity index (χ4v) is 3.02. The van der Waals surface area contributed by atoms with Gasteiger partial charge >= 0.3 is 6.18 Å². The van der Waals surface area contributed by atoms with Crippen LogP contribution in [0.1, 0.15) is 23.6 Å². The Hall–Kier alpha value is -1.64. The van der Waals surface area contributed by atoms with Gasteiger partial charge in [-0.15, -0.1) is 0 Å². The predicted octanol–water partition coefficient (Wildman–Crippen LogP) is 1.94. The Bertz CT molecular complexity index is 571. The van der Waals surface area contributed by atoms with Crippen molar-refractivity contribution >= 4 is 5.91 Å². The third-order valence-electron chi connectivity index (χ3n) is 4.21. The molecule has 0 bridgehead atoms. The number of benzene rings is 1. The van der Waals surface area contributed by atoms with Crippen molar-refractivity contribution in [1.82, 2.24) is 10.2 Å². The van der Waals surface area contributed by atoms with Gasteiger partial charge in [0.2, 0.25) is 5.91 Å². The zero-order valence-electron chi connectivity index (χ0n) is 13.0. The summed E-state index contributed by atoms with van der Waals surface area (Å²) in [5.41, 5.74) is -0.171. The van der Waals surface area contributed by atoms with Crippen molar-refractivity contribution in [2.75, 3.05) is 32.8 Å². The standard InChI is InChI=1S/C16H19F3N2O3/c17-16(18,19)12-3-1-11(2-4-12)14-15(22)20-6-8-21(14)7-5-13-23-9-10-24-13/h1-4,13-14H,5-10H2,(H,20,22). The minimum atomic E-state index is -4.38. The minimum absolute atomic E-state index is 0.200. The Morgan fingerprint density at radius 2 is 1.83 bits per heavy atom. The number of hydrogen-bond donors (Lipinski definition) is 1. The van der Waals surface area contributed by atoms with Gasteiger partial charge in [0.1, 0.15) is 6.04 Å². The first-order valence-corrected chi connectivity index (χ1v) is 7.87. The Balaban J connectivity index is 1.72. The van der Waals surface area contributed by atoms with Crippen LogP contribution in [0.3, 0.4) is 0 Å². The molecule has 1 amide bonds. The first-order chi connectivity index (χ1) is 11.4. The molecule has 2 fully saturated rings. The second kappa shape index (κ2) is 7.08. The molecule has 3 rings (SSSR count). The van der Waals surface area contributed by atoms with E-state index in [1.165, 1.54) is 12.1 Å². The summed E-state index contributed by atoms with van der Waals surface area (Å²) in [5, 5.41) is 2.77. The molecule has 2 saturated heterocycles. The van der Waals surface area contributed by atoms with Gasteiger partial charge < -0.3 is 14.8 Å². The topological polar surface area (TPSA) is 50.8 Å². The van der Waals surface area contributed by atoms with Crippen LogP contribution in [-0.2, 0) is 20.4 Å². The molecule has 24 heavy (non-hydrogen) atoms. The molecule has 0 saturated carbocycles. The summed E-state index contributed by atoms with van der Waals surface area (Å²) in [7, 11) is 0. The van der Waals surface area contributed by atoms with Gasteiger partial charge in [-0.25, -0.2) is 0 Å². The van der Waals surface area contributed by atoms with Crippen LogP contribution >= 0.6 is 0 Å². The number of nitrogens with one attached hydrogen (secondary N) is 1. The smallest absolute Gasteiger partial charge is 0.353 e. The van der Waals surface area contributed by atoms with Gasteiger partial charge in [-0.3, -0.25) is 9.69 Å². The van der Waals surface area contributed by atoms with Crippen LogP contribution in [0.2, 0.25) is 0 Å². The van der Waals surface area contributed by atoms with Gasteiger partial charge in [0.15, 0.2) is 6.29 Å². The monoisotopic (exact) mass is 344 g/mol. The Morgan fingerprint density at radius 3 is 2.46 bits per heavy atom. The molecule has 1 unspecified atom stereocenters. The summed E-state index contributed by atoms with van der Waals surface area (Å²) < 4.78 is 48.9. The highest BCUT2D eigenvalue weighted by molar-refractivity contribution is 5.83. The van der Waals surface area contributed by atoms with Gasteiger partial charge in [0.25, 0.3) is 0 Å². The second-order valence-corrected chi connectivity index (χ2v) is 5.81. The van der Waals surface area contributed by atoms with Gasteiger partial charge in [-0.1, -0.05) is 12.1 Å². The molecule has 2 aliphatic heterocycles. The van der Waals surface area contributed by atoms with E-state index < -0.39 is 17.8 Å². The SMILES string of the molecule is O=C1NCCN(CCC2OCCO2)C1c1ccc(C(F)(F)F)cc1. The van der Waals surface area contributed by atoms with Crippen molar-refractivity contribution in [2.45, 2.75) is 24.9 Å². The molecule has 132 valence electrons. The van der Waals surface area contributed by atoms with Crippen molar-refractivity contribution in [3.63, 3.8) is 0 Å². The third kappa shape index (κ3) is 3.88. The average Bonchev–Trinajstić information content (AvgIpc) is 3.06. The molecule has 1 aromatic carbocycles. The molecule has 8 heteroatoms. The van der Waals surface area contributed by atoms with Crippen molar-refractivity contribution in [3.05, 3.63) is 35.4 Å². The van der Waals surface area contributed by atoms with E-state index in [2.05, 4.69) is 5.32 Å². The van der Waals surface area contributed by atoms with Gasteiger partial charge in [-0.05, 0) is 17.7 Å². The highest BCUT2D eigenvalue weighted by Gasteiger charge is 2.34. The highest BCUT2D eigenvalue weighted by atomic mass is 19.4. The van der Waals surface area contributed by atoms with Gasteiger partial charge in [0.05, 0.1) is 18.8 Å². The van der Waals surface area contributed by atoms with E-state index in [0.29, 0.717) is 44.8 Å². The van der Waals surface area contributed by atoms with Gasteiger partial charge in [0, 0.05) is 26.1 Å². The molecule has 1 aromatic rings. The van der Waals surface area contributed by atoms with E-state index in [0.717, 1.165) is 12.1 Å². The fourth-order valence-electron chi connectivity index (χ4n) is 3.02. The number of carbonyl (C=O) groups is 1. The second-order valence-electron chi connectivity index (χ2n) is 5.81. The first kappa shape index (κ1) is 17.2. The summed E-state index contributed by atoms with van der Waals surface area (Å²) in [6.45, 7) is 2.84. The number of alkyl halides is 3. The summed E-state index contributed by atoms with van der Waals surface area (Å²) in [6.07, 6.45) is -4.04. The van der Waals surface area contributed by atoms with Crippen LogP contribution in [0.4, 0.5) is 13.2 Å². The zero-order chi connectivity index (χ0) is 17.2. The minimum Gasteiger partial charge on any atom is -0.353 e. The van der Waals surface area contributed by atoms with Crippen LogP contribution in [0, 0.1) is 0 Å². The number of rotatable bonds is 4. The van der Waals surface area contributed by atoms with Crippen molar-refractivity contribution < 1.29 is 27.4 Å². The molecule has 0 aliphatic carbocycles. The quantitative estimate of drug-likeness (QED) is 0.907. The predicted molar refractivity (Wildman–Crippen MR) is 79.1 cm³/mol. The Kier molecular flexibility index (Phi) is 5.07.